The van der Waals surface area contributed by atoms with Gasteiger partial charge >= 0.3 is 59.1 Å². The molecule has 13 heteroatoms. The molecule has 0 fully saturated rings. The van der Waals surface area contributed by atoms with Gasteiger partial charge in [0.2, 0.25) is 0 Å². The van der Waals surface area contributed by atoms with E-state index in [1.54, 1.807) is 0 Å². The monoisotopic (exact) mass is 377 g/mol. The number of phenolic OH excluding ortho intramolecular Hbond substituents is 1. The number of benzene rings is 2. The van der Waals surface area contributed by atoms with E-state index in [1.807, 2.05) is 0 Å². The molecule has 0 spiro atoms. The van der Waals surface area contributed by atoms with Crippen LogP contribution in [-0.4, -0.2) is 31.0 Å². The van der Waals surface area contributed by atoms with Gasteiger partial charge in [0.25, 0.3) is 0 Å². The molecule has 0 heterocycles. The fraction of sp³-hybridized carbons (Fsp3) is 0. The molecule has 0 unspecified atom stereocenters. The summed E-state index contributed by atoms with van der Waals surface area (Å²) >= 11 is 0. The Morgan fingerprint density at radius 1 is 0.913 bits per heavy atom. The van der Waals surface area contributed by atoms with E-state index in [0.717, 1.165) is 18.2 Å². The number of rotatable bonds is 3. The van der Waals surface area contributed by atoms with E-state index in [-0.39, 0.29) is 69.9 Å². The van der Waals surface area contributed by atoms with Gasteiger partial charge in [-0.1, -0.05) is 0 Å². The molecule has 112 valence electrons. The number of hydrogen-bond donors (Lipinski definition) is 1. The van der Waals surface area contributed by atoms with Crippen LogP contribution in [0.1, 0.15) is 0 Å². The number of nitrogens with zero attached hydrogens (tertiary/aromatic N) is 1. The van der Waals surface area contributed by atoms with E-state index < -0.39 is 41.5 Å². The maximum Gasteiger partial charge on any atom is 1.00 e. The zero-order valence-electron chi connectivity index (χ0n) is 11.9. The average molecular weight is 377 g/mol. The van der Waals surface area contributed by atoms with E-state index in [1.165, 1.54) is 0 Å². The zero-order valence-corrected chi connectivity index (χ0v) is 17.5. The Labute approximate surface area is 175 Å². The minimum absolute atomic E-state index is 0. The van der Waals surface area contributed by atoms with Crippen molar-refractivity contribution in [2.75, 3.05) is 0 Å². The van der Waals surface area contributed by atoms with Gasteiger partial charge in [-0.2, -0.15) is 0 Å². The van der Waals surface area contributed by atoms with Crippen molar-refractivity contribution >= 4 is 36.7 Å². The quantitative estimate of drug-likeness (QED) is 0.315. The van der Waals surface area contributed by atoms with Crippen molar-refractivity contribution in [1.82, 2.24) is 0 Å². The van der Waals surface area contributed by atoms with Gasteiger partial charge in [0.1, 0.15) is 31.7 Å². The Hall–Kier alpha value is -0.0800. The first-order valence-corrected chi connectivity index (χ1v) is 7.92. The topological polar surface area (TPSA) is 164 Å². The Balaban J connectivity index is 0.00000242. The van der Waals surface area contributed by atoms with Gasteiger partial charge in [0, 0.05) is 10.8 Å². The number of fused-ring (bicyclic) bond motifs is 1. The van der Waals surface area contributed by atoms with Crippen LogP contribution in [0.5, 0.6) is 5.75 Å². The van der Waals surface area contributed by atoms with Crippen LogP contribution in [-0.2, 0) is 20.2 Å². The second kappa shape index (κ2) is 7.87. The van der Waals surface area contributed by atoms with Gasteiger partial charge in [-0.25, -0.2) is 16.8 Å². The number of aromatic hydroxyl groups is 1. The number of nitroso groups, excluding NO2 is 1. The molecule has 0 amide bonds. The molecule has 0 radical (unpaired) electrons. The summed E-state index contributed by atoms with van der Waals surface area (Å²) in [7, 11) is -9.90. The molecule has 0 saturated heterocycles. The molecule has 0 atom stereocenters. The van der Waals surface area contributed by atoms with Crippen molar-refractivity contribution in [1.29, 1.82) is 0 Å². The van der Waals surface area contributed by atoms with Crippen LogP contribution in [0.3, 0.4) is 0 Å². The smallest absolute Gasteiger partial charge is 0.744 e. The molecule has 0 aliphatic heterocycles. The van der Waals surface area contributed by atoms with Crippen LogP contribution in [0.2, 0.25) is 0 Å². The molecule has 0 aliphatic carbocycles. The van der Waals surface area contributed by atoms with E-state index >= 15 is 0 Å². The Morgan fingerprint density at radius 2 is 1.48 bits per heavy atom. The minimum atomic E-state index is -5.07. The van der Waals surface area contributed by atoms with Crippen LogP contribution in [0.4, 0.5) is 5.69 Å². The molecule has 2 rings (SSSR count). The van der Waals surface area contributed by atoms with Crippen molar-refractivity contribution in [3.05, 3.63) is 29.2 Å². The molecule has 1 N–H and O–H groups in total. The van der Waals surface area contributed by atoms with Crippen molar-refractivity contribution < 1.29 is 90.2 Å². The summed E-state index contributed by atoms with van der Waals surface area (Å²) in [6.45, 7) is 0. The van der Waals surface area contributed by atoms with Crippen molar-refractivity contribution in [2.24, 2.45) is 5.18 Å². The molecule has 0 aliphatic rings. The zero-order chi connectivity index (χ0) is 16.0. The molecular formula is C10H5NNa2O8S2. The van der Waals surface area contributed by atoms with E-state index in [9.17, 15) is 36.0 Å². The van der Waals surface area contributed by atoms with Gasteiger partial charge in [0.15, 0.2) is 0 Å². The van der Waals surface area contributed by atoms with E-state index in [4.69, 9.17) is 0 Å². The first-order chi connectivity index (χ1) is 9.55. The minimum Gasteiger partial charge on any atom is -0.744 e. The largest absolute Gasteiger partial charge is 1.00 e. The Kier molecular flexibility index (Phi) is 7.84. The van der Waals surface area contributed by atoms with Crippen LogP contribution in [0, 0.1) is 4.91 Å². The maximum absolute atomic E-state index is 11.0. The first kappa shape index (κ1) is 22.9. The standard InChI is InChI=1S/C10H7NO8S2.2Na/c12-10-6-2-1-5(20(14,15)16)3-7(6)8(11-13)4-9(10)21(17,18)19;;/h1-4,12H,(H,14,15,16)(H,17,18,19);;/q;2*+1/p-2. The SMILES string of the molecule is O=Nc1cc(S(=O)(=O)[O-])c(O)c2ccc(S(=O)(=O)[O-])cc12.[Na+].[Na+]. The van der Waals surface area contributed by atoms with Gasteiger partial charge in [0.05, 0.1) is 9.79 Å². The molecule has 2 aromatic carbocycles. The average Bonchev–Trinajstić information content (AvgIpc) is 2.36. The molecule has 9 nitrogen and oxygen atoms in total. The third-order valence-corrected chi connectivity index (χ3v) is 4.36. The van der Waals surface area contributed by atoms with E-state index in [0.29, 0.717) is 6.07 Å². The van der Waals surface area contributed by atoms with Crippen molar-refractivity contribution in [2.45, 2.75) is 9.79 Å². The van der Waals surface area contributed by atoms with Crippen LogP contribution in [0.25, 0.3) is 10.8 Å². The van der Waals surface area contributed by atoms with Crippen LogP contribution in [0.15, 0.2) is 39.2 Å². The summed E-state index contributed by atoms with van der Waals surface area (Å²) in [5.41, 5.74) is -0.595. The first-order valence-electron chi connectivity index (χ1n) is 5.10. The van der Waals surface area contributed by atoms with Gasteiger partial charge < -0.3 is 14.2 Å². The number of phenols is 1. The second-order valence-electron chi connectivity index (χ2n) is 3.95. The third-order valence-electron chi connectivity index (χ3n) is 2.68. The Bertz CT molecular complexity index is 972. The Morgan fingerprint density at radius 3 is 1.91 bits per heavy atom. The molecule has 0 saturated carbocycles. The second-order valence-corrected chi connectivity index (χ2v) is 6.68. The van der Waals surface area contributed by atoms with Crippen molar-refractivity contribution in [3.63, 3.8) is 0 Å². The summed E-state index contributed by atoms with van der Waals surface area (Å²) in [4.78, 5) is 8.95. The third kappa shape index (κ3) is 4.72. The summed E-state index contributed by atoms with van der Waals surface area (Å²) in [6.07, 6.45) is 0. The van der Waals surface area contributed by atoms with Crippen LogP contribution < -0.4 is 59.1 Å². The summed E-state index contributed by atoms with van der Waals surface area (Å²) in [5, 5.41) is 11.7. The van der Waals surface area contributed by atoms with Crippen LogP contribution >= 0.6 is 0 Å². The predicted octanol–water partition coefficient (Wildman–Crippen LogP) is -5.24. The summed E-state index contributed by atoms with van der Waals surface area (Å²) in [5.74, 6) is -0.956. The normalized spacial score (nSPS) is 11.4. The predicted molar refractivity (Wildman–Crippen MR) is 67.0 cm³/mol. The summed E-state index contributed by atoms with van der Waals surface area (Å²) in [6, 6.07) is 2.97. The molecule has 0 bridgehead atoms. The van der Waals surface area contributed by atoms with Gasteiger partial charge in [-0.05, 0) is 29.4 Å². The number of hydrogen-bond acceptors (Lipinski definition) is 9. The molecule has 2 aromatic rings. The van der Waals surface area contributed by atoms with Gasteiger partial charge in [-0.15, -0.1) is 4.91 Å². The fourth-order valence-electron chi connectivity index (χ4n) is 1.77. The fourth-order valence-corrected chi connectivity index (χ4v) is 2.87. The van der Waals surface area contributed by atoms with Gasteiger partial charge in [-0.3, -0.25) is 0 Å². The molecular weight excluding hydrogens is 372 g/mol. The molecule has 0 aromatic heterocycles. The van der Waals surface area contributed by atoms with E-state index in [2.05, 4.69) is 5.18 Å². The maximum atomic E-state index is 11.0. The summed E-state index contributed by atoms with van der Waals surface area (Å²) < 4.78 is 65.7. The molecule has 23 heavy (non-hydrogen) atoms. The van der Waals surface area contributed by atoms with Crippen molar-refractivity contribution in [3.8, 4) is 5.75 Å².